The first-order chi connectivity index (χ1) is 16.5. The number of piperidine rings is 1. The van der Waals surface area contributed by atoms with Gasteiger partial charge in [0.05, 0.1) is 16.2 Å². The first-order valence-electron chi connectivity index (χ1n) is 11.8. The molecule has 2 fully saturated rings. The highest BCUT2D eigenvalue weighted by Gasteiger charge is 2.47. The number of benzene rings is 1. The second-order valence-electron chi connectivity index (χ2n) is 9.24. The molecular formula is C23H28ClF3N4O3S. The topological polar surface area (TPSA) is 91.4 Å². The summed E-state index contributed by atoms with van der Waals surface area (Å²) in [4.78, 5) is 19.2. The summed E-state index contributed by atoms with van der Waals surface area (Å²) < 4.78 is 62.4. The fourth-order valence-electron chi connectivity index (χ4n) is 4.83. The Kier molecular flexibility index (Phi) is 7.77. The molecule has 1 aromatic carbocycles. The van der Waals surface area contributed by atoms with Crippen molar-refractivity contribution in [3.05, 3.63) is 29.3 Å². The highest BCUT2D eigenvalue weighted by molar-refractivity contribution is 7.90. The van der Waals surface area contributed by atoms with Crippen LogP contribution in [0.3, 0.4) is 0 Å². The lowest BCUT2D eigenvalue weighted by Gasteiger charge is -2.33. The average Bonchev–Trinajstić information content (AvgIpc) is 2.81. The summed E-state index contributed by atoms with van der Waals surface area (Å²) in [7, 11) is -5.37. The predicted octanol–water partition coefficient (Wildman–Crippen LogP) is 5.21. The highest BCUT2D eigenvalue weighted by atomic mass is 35.5. The van der Waals surface area contributed by atoms with Crippen LogP contribution in [0, 0.1) is 5.92 Å². The summed E-state index contributed by atoms with van der Waals surface area (Å²) in [6.45, 7) is 0.699. The van der Waals surface area contributed by atoms with Crippen molar-refractivity contribution in [3.63, 3.8) is 0 Å². The Morgan fingerprint density at radius 3 is 2.40 bits per heavy atom. The third-order valence-corrected chi connectivity index (χ3v) is 8.28. The number of rotatable bonds is 6. The van der Waals surface area contributed by atoms with Gasteiger partial charge in [-0.05, 0) is 55.9 Å². The summed E-state index contributed by atoms with van der Waals surface area (Å²) in [5, 5.41) is 4.08. The van der Waals surface area contributed by atoms with E-state index in [2.05, 4.69) is 10.3 Å². The number of amides is 1. The number of hydrogen-bond donors (Lipinski definition) is 2. The van der Waals surface area contributed by atoms with Gasteiger partial charge in [0.1, 0.15) is 5.82 Å². The van der Waals surface area contributed by atoms with Crippen LogP contribution in [0.15, 0.2) is 24.3 Å². The van der Waals surface area contributed by atoms with E-state index in [0.29, 0.717) is 52.9 Å². The van der Waals surface area contributed by atoms with Crippen LogP contribution >= 0.6 is 11.6 Å². The van der Waals surface area contributed by atoms with E-state index in [9.17, 15) is 26.4 Å². The number of halogens is 4. The zero-order valence-corrected chi connectivity index (χ0v) is 20.6. The van der Waals surface area contributed by atoms with Crippen LogP contribution < -0.4 is 14.9 Å². The van der Waals surface area contributed by atoms with E-state index in [1.165, 1.54) is 6.42 Å². The van der Waals surface area contributed by atoms with E-state index in [-0.39, 0.29) is 18.7 Å². The van der Waals surface area contributed by atoms with Crippen molar-refractivity contribution in [2.75, 3.05) is 23.3 Å². The molecule has 2 N–H and O–H groups in total. The van der Waals surface area contributed by atoms with E-state index in [1.807, 2.05) is 11.0 Å². The summed E-state index contributed by atoms with van der Waals surface area (Å²) in [5.41, 5.74) is -4.18. The average molecular weight is 533 g/mol. The normalized spacial score (nSPS) is 18.7. The van der Waals surface area contributed by atoms with Crippen molar-refractivity contribution in [1.82, 2.24) is 9.71 Å². The number of sulfonamides is 1. The number of alkyl halides is 3. The summed E-state index contributed by atoms with van der Waals surface area (Å²) >= 11 is 6.39. The lowest BCUT2D eigenvalue weighted by Crippen LogP contribution is -2.48. The molecule has 0 spiro atoms. The maximum absolute atomic E-state index is 12.7. The molecule has 4 rings (SSSR count). The second kappa shape index (κ2) is 10.5. The number of nitrogens with zero attached hydrogens (tertiary/aromatic N) is 2. The van der Waals surface area contributed by atoms with Gasteiger partial charge in [0.2, 0.25) is 5.91 Å². The Balaban J connectivity index is 1.43. The van der Waals surface area contributed by atoms with Crippen LogP contribution in [0.5, 0.6) is 0 Å². The van der Waals surface area contributed by atoms with Crippen LogP contribution in [0.2, 0.25) is 5.02 Å². The molecule has 1 saturated heterocycles. The van der Waals surface area contributed by atoms with Gasteiger partial charge in [-0.1, -0.05) is 30.9 Å². The number of nitrogens with one attached hydrogen (secondary N) is 2. The smallest absolute Gasteiger partial charge is 0.356 e. The Morgan fingerprint density at radius 1 is 1.06 bits per heavy atom. The van der Waals surface area contributed by atoms with Gasteiger partial charge in [0.15, 0.2) is 0 Å². The fourth-order valence-corrected chi connectivity index (χ4v) is 5.85. The zero-order chi connectivity index (χ0) is 25.2. The van der Waals surface area contributed by atoms with Crippen molar-refractivity contribution in [2.45, 2.75) is 62.9 Å². The number of anilines is 2. The van der Waals surface area contributed by atoms with Gasteiger partial charge >= 0.3 is 15.5 Å². The molecule has 1 amide bonds. The molecule has 0 atom stereocenters. The van der Waals surface area contributed by atoms with Gasteiger partial charge in [-0.2, -0.15) is 13.2 Å². The van der Waals surface area contributed by atoms with Crippen LogP contribution in [0.1, 0.15) is 51.4 Å². The molecule has 2 heterocycles. The molecular weight excluding hydrogens is 505 g/mol. The zero-order valence-electron chi connectivity index (χ0n) is 19.1. The predicted molar refractivity (Wildman–Crippen MR) is 130 cm³/mol. The Bertz CT molecular complexity index is 1180. The molecule has 1 aliphatic heterocycles. The first kappa shape index (κ1) is 26.0. The fraction of sp³-hybridized carbons (Fsp3) is 0.565. The van der Waals surface area contributed by atoms with Gasteiger partial charge < -0.3 is 10.2 Å². The van der Waals surface area contributed by atoms with Crippen molar-refractivity contribution >= 4 is 49.9 Å². The molecule has 12 heteroatoms. The molecule has 0 unspecified atom stereocenters. The number of carbonyl (C=O) groups excluding carboxylic acids is 1. The maximum Gasteiger partial charge on any atom is 0.511 e. The summed E-state index contributed by atoms with van der Waals surface area (Å²) in [6.07, 6.45) is 6.58. The number of aromatic nitrogens is 1. The molecule has 1 aliphatic carbocycles. The largest absolute Gasteiger partial charge is 0.511 e. The molecule has 2 aromatic rings. The van der Waals surface area contributed by atoms with Crippen LogP contribution in [-0.2, 0) is 14.8 Å². The van der Waals surface area contributed by atoms with Gasteiger partial charge in [-0.25, -0.2) is 18.1 Å². The third-order valence-electron chi connectivity index (χ3n) is 6.71. The van der Waals surface area contributed by atoms with Crippen molar-refractivity contribution in [3.8, 4) is 0 Å². The first-order valence-corrected chi connectivity index (χ1v) is 13.6. The van der Waals surface area contributed by atoms with Crippen molar-refractivity contribution in [2.24, 2.45) is 5.92 Å². The van der Waals surface area contributed by atoms with Crippen LogP contribution in [0.25, 0.3) is 10.9 Å². The van der Waals surface area contributed by atoms with Gasteiger partial charge in [-0.3, -0.25) is 4.79 Å². The number of carbonyl (C=O) groups is 1. The van der Waals surface area contributed by atoms with E-state index in [4.69, 9.17) is 11.6 Å². The van der Waals surface area contributed by atoms with E-state index < -0.39 is 21.6 Å². The SMILES string of the molecule is O=C(CC1CCCCC1)Nc1c(Cl)ccc2nc(N3CCC(NS(=O)(=O)C(F)(F)F)CC3)ccc12. The molecule has 192 valence electrons. The standard InChI is InChI=1S/C23H28ClF3N4O3S/c24-18-7-8-19-17(22(18)29-21(32)14-15-4-2-1-3-5-15)6-9-20(28-19)31-12-10-16(11-13-31)30-35(33,34)23(25,26)27/h6-9,15-16,30H,1-5,10-14H2,(H,29,32). The lowest BCUT2D eigenvalue weighted by molar-refractivity contribution is -0.117. The Labute approximate surface area is 207 Å². The third kappa shape index (κ3) is 6.18. The number of fused-ring (bicyclic) bond motifs is 1. The Morgan fingerprint density at radius 2 is 1.74 bits per heavy atom. The minimum absolute atomic E-state index is 0.0706. The quantitative estimate of drug-likeness (QED) is 0.533. The van der Waals surface area contributed by atoms with E-state index in [0.717, 1.165) is 25.7 Å². The minimum atomic E-state index is -5.37. The van der Waals surface area contributed by atoms with Gasteiger partial charge in [0.25, 0.3) is 0 Å². The number of pyridine rings is 1. The number of hydrogen-bond acceptors (Lipinski definition) is 5. The van der Waals surface area contributed by atoms with Crippen molar-refractivity contribution < 1.29 is 26.4 Å². The minimum Gasteiger partial charge on any atom is -0.356 e. The summed E-state index contributed by atoms with van der Waals surface area (Å²) in [6, 6.07) is 6.23. The van der Waals surface area contributed by atoms with Gasteiger partial charge in [0, 0.05) is 30.9 Å². The molecule has 0 radical (unpaired) electrons. The molecule has 1 saturated carbocycles. The van der Waals surface area contributed by atoms with Crippen molar-refractivity contribution in [1.29, 1.82) is 0 Å². The monoisotopic (exact) mass is 532 g/mol. The summed E-state index contributed by atoms with van der Waals surface area (Å²) in [5.74, 6) is 0.945. The highest BCUT2D eigenvalue weighted by Crippen LogP contribution is 2.34. The van der Waals surface area contributed by atoms with E-state index in [1.54, 1.807) is 22.9 Å². The second-order valence-corrected chi connectivity index (χ2v) is 11.4. The molecule has 0 bridgehead atoms. The molecule has 1 aromatic heterocycles. The van der Waals surface area contributed by atoms with E-state index >= 15 is 0 Å². The van der Waals surface area contributed by atoms with Crippen LogP contribution in [0.4, 0.5) is 24.7 Å². The van der Waals surface area contributed by atoms with Crippen LogP contribution in [-0.4, -0.2) is 43.9 Å². The molecule has 2 aliphatic rings. The lowest BCUT2D eigenvalue weighted by atomic mass is 9.87. The molecule has 7 nitrogen and oxygen atoms in total. The molecule has 35 heavy (non-hydrogen) atoms. The Hall–Kier alpha value is -2.11. The maximum atomic E-state index is 12.7. The van der Waals surface area contributed by atoms with Gasteiger partial charge in [-0.15, -0.1) is 0 Å².